The van der Waals surface area contributed by atoms with E-state index < -0.39 is 28.5 Å². The number of nitrogens with one attached hydrogen (secondary N) is 1. The summed E-state index contributed by atoms with van der Waals surface area (Å²) in [5.41, 5.74) is 1.02. The Balaban J connectivity index is 2.05. The lowest BCUT2D eigenvalue weighted by molar-refractivity contribution is -0.140. The summed E-state index contributed by atoms with van der Waals surface area (Å²) in [7, 11) is -2.58. The Morgan fingerprint density at radius 2 is 1.62 bits per heavy atom. The van der Waals surface area contributed by atoms with E-state index in [4.69, 9.17) is 16.3 Å². The van der Waals surface area contributed by atoms with Gasteiger partial charge in [0.05, 0.1) is 17.7 Å². The first-order chi connectivity index (χ1) is 19.1. The molecule has 0 aromatic heterocycles. The van der Waals surface area contributed by atoms with Gasteiger partial charge in [0.15, 0.2) is 0 Å². The molecular formula is C30H36ClN3O5S. The summed E-state index contributed by atoms with van der Waals surface area (Å²) in [6.07, 6.45) is 1.07. The van der Waals surface area contributed by atoms with E-state index in [0.717, 1.165) is 16.3 Å². The number of hydrogen-bond donors (Lipinski definition) is 1. The number of anilines is 1. The molecule has 0 spiro atoms. The van der Waals surface area contributed by atoms with Gasteiger partial charge in [-0.2, -0.15) is 0 Å². The molecule has 8 nitrogen and oxygen atoms in total. The smallest absolute Gasteiger partial charge is 0.264 e. The molecular weight excluding hydrogens is 550 g/mol. The lowest BCUT2D eigenvalue weighted by Crippen LogP contribution is -2.53. The van der Waals surface area contributed by atoms with Crippen molar-refractivity contribution in [2.75, 3.05) is 18.0 Å². The zero-order chi connectivity index (χ0) is 29.3. The number of halogens is 1. The third kappa shape index (κ3) is 7.76. The Bertz CT molecular complexity index is 1380. The van der Waals surface area contributed by atoms with Crippen molar-refractivity contribution in [3.8, 4) is 5.75 Å². The second kappa shape index (κ2) is 14.2. The molecule has 0 aliphatic heterocycles. The second-order valence-electron chi connectivity index (χ2n) is 9.42. The van der Waals surface area contributed by atoms with Crippen LogP contribution in [0.4, 0.5) is 5.69 Å². The van der Waals surface area contributed by atoms with Crippen molar-refractivity contribution < 1.29 is 22.7 Å². The van der Waals surface area contributed by atoms with E-state index in [0.29, 0.717) is 17.2 Å². The predicted octanol–water partition coefficient (Wildman–Crippen LogP) is 5.27. The van der Waals surface area contributed by atoms with Crippen LogP contribution in [-0.4, -0.2) is 50.9 Å². The molecule has 0 aliphatic rings. The highest BCUT2D eigenvalue weighted by atomic mass is 35.5. The minimum absolute atomic E-state index is 0.0404. The van der Waals surface area contributed by atoms with E-state index in [2.05, 4.69) is 5.32 Å². The van der Waals surface area contributed by atoms with E-state index in [1.165, 1.54) is 17.0 Å². The zero-order valence-corrected chi connectivity index (χ0v) is 24.8. The summed E-state index contributed by atoms with van der Waals surface area (Å²) >= 11 is 6.07. The minimum atomic E-state index is -4.13. The van der Waals surface area contributed by atoms with Crippen molar-refractivity contribution in [2.24, 2.45) is 0 Å². The first-order valence-corrected chi connectivity index (χ1v) is 15.0. The highest BCUT2D eigenvalue weighted by Crippen LogP contribution is 2.26. The second-order valence-corrected chi connectivity index (χ2v) is 11.7. The maximum absolute atomic E-state index is 14.1. The first kappa shape index (κ1) is 31.0. The summed E-state index contributed by atoms with van der Waals surface area (Å²) in [5, 5.41) is 3.40. The lowest BCUT2D eigenvalue weighted by Gasteiger charge is -2.33. The first-order valence-electron chi connectivity index (χ1n) is 13.2. The van der Waals surface area contributed by atoms with E-state index in [1.54, 1.807) is 67.8 Å². The summed E-state index contributed by atoms with van der Waals surface area (Å²) in [4.78, 5) is 28.9. The monoisotopic (exact) mass is 585 g/mol. The Hall–Kier alpha value is -3.56. The van der Waals surface area contributed by atoms with Crippen LogP contribution in [0.25, 0.3) is 0 Å². The third-order valence-electron chi connectivity index (χ3n) is 6.60. The third-order valence-corrected chi connectivity index (χ3v) is 8.64. The number of benzene rings is 3. The van der Waals surface area contributed by atoms with Crippen LogP contribution in [0, 0.1) is 0 Å². The summed E-state index contributed by atoms with van der Waals surface area (Å²) in [6, 6.07) is 20.5. The SMILES string of the molecule is CCC(C)NC(=O)C(CC)N(Cc1cccc(OC)c1)C(=O)CN(c1ccc(Cl)cc1)S(=O)(=O)c1ccccc1. The Labute approximate surface area is 241 Å². The van der Waals surface area contributed by atoms with Gasteiger partial charge in [0.2, 0.25) is 11.8 Å². The number of carbonyl (C=O) groups excluding carboxylic acids is 2. The maximum Gasteiger partial charge on any atom is 0.264 e. The number of nitrogens with zero attached hydrogens (tertiary/aromatic N) is 2. The topological polar surface area (TPSA) is 96.0 Å². The number of rotatable bonds is 13. The average Bonchev–Trinajstić information content (AvgIpc) is 2.96. The Kier molecular flexibility index (Phi) is 11.0. The van der Waals surface area contributed by atoms with Crippen LogP contribution in [-0.2, 0) is 26.2 Å². The Morgan fingerprint density at radius 1 is 0.950 bits per heavy atom. The fraction of sp³-hybridized carbons (Fsp3) is 0.333. The van der Waals surface area contributed by atoms with Gasteiger partial charge in [-0.3, -0.25) is 13.9 Å². The molecule has 0 bridgehead atoms. The number of ether oxygens (including phenoxy) is 1. The number of hydrogen-bond acceptors (Lipinski definition) is 5. The van der Waals surface area contributed by atoms with E-state index >= 15 is 0 Å². The van der Waals surface area contributed by atoms with Gasteiger partial charge in [0.25, 0.3) is 10.0 Å². The van der Waals surface area contributed by atoms with Crippen molar-refractivity contribution in [3.63, 3.8) is 0 Å². The van der Waals surface area contributed by atoms with Crippen LogP contribution >= 0.6 is 11.6 Å². The van der Waals surface area contributed by atoms with Crippen LogP contribution in [0.15, 0.2) is 83.8 Å². The van der Waals surface area contributed by atoms with Crippen molar-refractivity contribution in [3.05, 3.63) is 89.4 Å². The molecule has 3 aromatic rings. The van der Waals surface area contributed by atoms with Crippen LogP contribution in [0.2, 0.25) is 5.02 Å². The van der Waals surface area contributed by atoms with Gasteiger partial charge in [0, 0.05) is 17.6 Å². The highest BCUT2D eigenvalue weighted by Gasteiger charge is 2.34. The number of carbonyl (C=O) groups is 2. The molecule has 3 aromatic carbocycles. The van der Waals surface area contributed by atoms with Crippen LogP contribution in [0.1, 0.15) is 39.2 Å². The van der Waals surface area contributed by atoms with Crippen molar-refractivity contribution in [1.29, 1.82) is 0 Å². The Morgan fingerprint density at radius 3 is 2.23 bits per heavy atom. The molecule has 0 fully saturated rings. The summed E-state index contributed by atoms with van der Waals surface area (Å²) in [6.45, 7) is 5.25. The maximum atomic E-state index is 14.1. The summed E-state index contributed by atoms with van der Waals surface area (Å²) < 4.78 is 34.0. The molecule has 40 heavy (non-hydrogen) atoms. The van der Waals surface area contributed by atoms with Crippen molar-refractivity contribution in [2.45, 2.75) is 57.1 Å². The average molecular weight is 586 g/mol. The molecule has 2 atom stereocenters. The number of methoxy groups -OCH3 is 1. The van der Waals surface area contributed by atoms with Gasteiger partial charge in [-0.25, -0.2) is 8.42 Å². The minimum Gasteiger partial charge on any atom is -0.497 e. The van der Waals surface area contributed by atoms with Crippen molar-refractivity contribution in [1.82, 2.24) is 10.2 Å². The van der Waals surface area contributed by atoms with Gasteiger partial charge in [0.1, 0.15) is 18.3 Å². The summed E-state index contributed by atoms with van der Waals surface area (Å²) in [5.74, 6) is -0.211. The van der Waals surface area contributed by atoms with E-state index in [9.17, 15) is 18.0 Å². The fourth-order valence-corrected chi connectivity index (χ4v) is 5.75. The van der Waals surface area contributed by atoms with Crippen LogP contribution in [0.3, 0.4) is 0 Å². The quantitative estimate of drug-likeness (QED) is 0.295. The molecule has 2 unspecified atom stereocenters. The van der Waals surface area contributed by atoms with Gasteiger partial charge in [-0.15, -0.1) is 0 Å². The van der Waals surface area contributed by atoms with Gasteiger partial charge < -0.3 is 15.0 Å². The molecule has 0 radical (unpaired) electrons. The number of sulfonamides is 1. The van der Waals surface area contributed by atoms with Crippen LogP contribution < -0.4 is 14.4 Å². The lowest BCUT2D eigenvalue weighted by atomic mass is 10.1. The van der Waals surface area contributed by atoms with Crippen molar-refractivity contribution >= 4 is 39.1 Å². The van der Waals surface area contributed by atoms with Gasteiger partial charge in [-0.1, -0.05) is 55.8 Å². The van der Waals surface area contributed by atoms with Gasteiger partial charge >= 0.3 is 0 Å². The molecule has 3 rings (SSSR count). The van der Waals surface area contributed by atoms with Crippen LogP contribution in [0.5, 0.6) is 5.75 Å². The fourth-order valence-electron chi connectivity index (χ4n) is 4.18. The largest absolute Gasteiger partial charge is 0.497 e. The van der Waals surface area contributed by atoms with E-state index in [1.807, 2.05) is 26.8 Å². The predicted molar refractivity (Wildman–Crippen MR) is 158 cm³/mol. The van der Waals surface area contributed by atoms with E-state index in [-0.39, 0.29) is 29.1 Å². The molecule has 2 amide bonds. The zero-order valence-electron chi connectivity index (χ0n) is 23.2. The normalized spacial score (nSPS) is 12.7. The van der Waals surface area contributed by atoms with Gasteiger partial charge in [-0.05, 0) is 73.9 Å². The molecule has 0 saturated heterocycles. The standard InChI is InChI=1S/C30H36ClN3O5S/c1-5-22(3)32-30(36)28(6-2)33(20-23-11-10-12-26(19-23)39-4)29(35)21-34(25-17-15-24(31)16-18-25)40(37,38)27-13-8-7-9-14-27/h7-19,22,28H,5-6,20-21H2,1-4H3,(H,32,36). The molecule has 0 heterocycles. The molecule has 0 saturated carbocycles. The number of amides is 2. The molecule has 0 aliphatic carbocycles. The molecule has 1 N–H and O–H groups in total. The molecule has 10 heteroatoms. The molecule has 214 valence electrons. The highest BCUT2D eigenvalue weighted by molar-refractivity contribution is 7.92.